The summed E-state index contributed by atoms with van der Waals surface area (Å²) in [6, 6.07) is 13.3. The Kier molecular flexibility index (Phi) is 4.53. The van der Waals surface area contributed by atoms with Crippen LogP contribution in [0.5, 0.6) is 5.75 Å². The molecular formula is C21H23NO3. The maximum Gasteiger partial charge on any atom is 0.200 e. The molecule has 0 atom stereocenters. The summed E-state index contributed by atoms with van der Waals surface area (Å²) in [5.41, 5.74) is 2.75. The molecule has 3 aromatic rings. The molecule has 1 heterocycles. The number of hydrogen-bond acceptors (Lipinski definition) is 4. The summed E-state index contributed by atoms with van der Waals surface area (Å²) in [5.74, 6) is 0.0789. The summed E-state index contributed by atoms with van der Waals surface area (Å²) in [6.07, 6.45) is 1.46. The van der Waals surface area contributed by atoms with Crippen LogP contribution in [0.1, 0.15) is 27.7 Å². The van der Waals surface area contributed by atoms with Crippen molar-refractivity contribution in [2.75, 3.05) is 4.90 Å². The van der Waals surface area contributed by atoms with Crippen LogP contribution in [0, 0.1) is 0 Å². The molecule has 130 valence electrons. The van der Waals surface area contributed by atoms with Gasteiger partial charge in [0.05, 0.1) is 10.9 Å². The lowest BCUT2D eigenvalue weighted by molar-refractivity contribution is 0.474. The van der Waals surface area contributed by atoms with E-state index in [1.807, 2.05) is 24.3 Å². The second-order valence-electron chi connectivity index (χ2n) is 6.80. The van der Waals surface area contributed by atoms with Gasteiger partial charge in [-0.2, -0.15) is 0 Å². The van der Waals surface area contributed by atoms with Crippen LogP contribution in [0.2, 0.25) is 0 Å². The van der Waals surface area contributed by atoms with Gasteiger partial charge in [0.2, 0.25) is 0 Å². The number of nitrogens with zero attached hydrogens (tertiary/aromatic N) is 1. The van der Waals surface area contributed by atoms with Gasteiger partial charge in [0.15, 0.2) is 5.43 Å². The van der Waals surface area contributed by atoms with E-state index >= 15 is 0 Å². The largest absolute Gasteiger partial charge is 0.508 e. The molecule has 1 aromatic heterocycles. The molecule has 0 aliphatic rings. The van der Waals surface area contributed by atoms with Crippen LogP contribution in [0.25, 0.3) is 22.1 Å². The van der Waals surface area contributed by atoms with Crippen molar-refractivity contribution in [3.05, 3.63) is 59.0 Å². The zero-order chi connectivity index (χ0) is 18.1. The lowest BCUT2D eigenvalue weighted by Crippen LogP contribution is -2.36. The summed E-state index contributed by atoms with van der Waals surface area (Å²) in [4.78, 5) is 15.1. The van der Waals surface area contributed by atoms with Crippen molar-refractivity contribution < 1.29 is 9.52 Å². The zero-order valence-corrected chi connectivity index (χ0v) is 15.0. The standard InChI is InChI=1S/C21H23NO3/c1-13(2)22(14(3)4)16-7-5-15(6-8-16)19-12-25-20-11-17(23)9-10-18(20)21(19)24/h5-14,23H,1-4H3. The van der Waals surface area contributed by atoms with E-state index in [1.165, 1.54) is 18.4 Å². The van der Waals surface area contributed by atoms with Gasteiger partial charge in [-0.25, -0.2) is 0 Å². The molecule has 0 spiro atoms. The smallest absolute Gasteiger partial charge is 0.200 e. The molecular weight excluding hydrogens is 314 g/mol. The van der Waals surface area contributed by atoms with Gasteiger partial charge in [0, 0.05) is 23.8 Å². The third-order valence-electron chi connectivity index (χ3n) is 4.35. The Morgan fingerprint density at radius 2 is 1.60 bits per heavy atom. The van der Waals surface area contributed by atoms with Crippen molar-refractivity contribution in [1.82, 2.24) is 0 Å². The monoisotopic (exact) mass is 337 g/mol. The van der Waals surface area contributed by atoms with Gasteiger partial charge in [0.1, 0.15) is 17.6 Å². The first-order chi connectivity index (χ1) is 11.9. The highest BCUT2D eigenvalue weighted by Gasteiger charge is 2.15. The Hall–Kier alpha value is -2.75. The van der Waals surface area contributed by atoms with Gasteiger partial charge in [-0.05, 0) is 57.5 Å². The summed E-state index contributed by atoms with van der Waals surface area (Å²) in [7, 11) is 0. The van der Waals surface area contributed by atoms with E-state index in [0.717, 1.165) is 11.3 Å². The number of aromatic hydroxyl groups is 1. The summed E-state index contributed by atoms with van der Waals surface area (Å²) in [5, 5.41) is 9.98. The highest BCUT2D eigenvalue weighted by Crippen LogP contribution is 2.26. The fourth-order valence-electron chi connectivity index (χ4n) is 3.32. The average molecular weight is 337 g/mol. The summed E-state index contributed by atoms with van der Waals surface area (Å²) < 4.78 is 5.54. The maximum absolute atomic E-state index is 12.7. The van der Waals surface area contributed by atoms with Gasteiger partial charge >= 0.3 is 0 Å². The van der Waals surface area contributed by atoms with Crippen molar-refractivity contribution in [2.24, 2.45) is 0 Å². The molecule has 4 nitrogen and oxygen atoms in total. The topological polar surface area (TPSA) is 53.7 Å². The Morgan fingerprint density at radius 3 is 2.20 bits per heavy atom. The molecule has 0 fully saturated rings. The van der Waals surface area contributed by atoms with Crippen LogP contribution >= 0.6 is 0 Å². The molecule has 0 radical (unpaired) electrons. The van der Waals surface area contributed by atoms with Gasteiger partial charge in [-0.1, -0.05) is 12.1 Å². The highest BCUT2D eigenvalue weighted by atomic mass is 16.3. The second kappa shape index (κ2) is 6.63. The molecule has 2 aromatic carbocycles. The van der Waals surface area contributed by atoms with Crippen molar-refractivity contribution in [3.8, 4) is 16.9 Å². The molecule has 3 rings (SSSR count). The van der Waals surface area contributed by atoms with E-state index in [1.54, 1.807) is 6.07 Å². The number of benzene rings is 2. The van der Waals surface area contributed by atoms with Crippen LogP contribution in [0.3, 0.4) is 0 Å². The van der Waals surface area contributed by atoms with E-state index in [2.05, 4.69) is 32.6 Å². The van der Waals surface area contributed by atoms with Crippen LogP contribution in [0.4, 0.5) is 5.69 Å². The molecule has 1 N–H and O–H groups in total. The molecule has 0 saturated heterocycles. The Balaban J connectivity index is 2.03. The summed E-state index contributed by atoms with van der Waals surface area (Å²) in [6.45, 7) is 8.67. The molecule has 0 bridgehead atoms. The number of phenolic OH excluding ortho intramolecular Hbond substituents is 1. The lowest BCUT2D eigenvalue weighted by atomic mass is 10.0. The number of hydrogen-bond donors (Lipinski definition) is 1. The highest BCUT2D eigenvalue weighted by molar-refractivity contribution is 5.82. The first-order valence-corrected chi connectivity index (χ1v) is 8.52. The Morgan fingerprint density at radius 1 is 0.960 bits per heavy atom. The predicted molar refractivity (Wildman–Crippen MR) is 102 cm³/mol. The molecule has 0 aliphatic heterocycles. The van der Waals surface area contributed by atoms with Crippen LogP contribution in [-0.2, 0) is 0 Å². The van der Waals surface area contributed by atoms with Gasteiger partial charge in [-0.3, -0.25) is 4.79 Å². The minimum absolute atomic E-state index is 0.0789. The maximum atomic E-state index is 12.7. The lowest BCUT2D eigenvalue weighted by Gasteiger charge is -2.33. The average Bonchev–Trinajstić information content (AvgIpc) is 2.55. The van der Waals surface area contributed by atoms with Crippen molar-refractivity contribution in [1.29, 1.82) is 0 Å². The van der Waals surface area contributed by atoms with E-state index in [-0.39, 0.29) is 11.2 Å². The first kappa shape index (κ1) is 17.1. The van der Waals surface area contributed by atoms with E-state index < -0.39 is 0 Å². The van der Waals surface area contributed by atoms with Crippen LogP contribution < -0.4 is 10.3 Å². The van der Waals surface area contributed by atoms with Gasteiger partial charge < -0.3 is 14.4 Å². The normalized spacial score (nSPS) is 11.4. The zero-order valence-electron chi connectivity index (χ0n) is 15.0. The third kappa shape index (κ3) is 3.25. The minimum atomic E-state index is -0.0985. The quantitative estimate of drug-likeness (QED) is 0.744. The van der Waals surface area contributed by atoms with E-state index in [9.17, 15) is 9.90 Å². The van der Waals surface area contributed by atoms with Crippen LogP contribution in [-0.4, -0.2) is 17.2 Å². The van der Waals surface area contributed by atoms with E-state index in [0.29, 0.717) is 28.6 Å². The van der Waals surface area contributed by atoms with Crippen molar-refractivity contribution in [3.63, 3.8) is 0 Å². The van der Waals surface area contributed by atoms with Gasteiger partial charge in [0.25, 0.3) is 0 Å². The fraction of sp³-hybridized carbons (Fsp3) is 0.286. The molecule has 0 amide bonds. The molecule has 0 aliphatic carbocycles. The SMILES string of the molecule is CC(C)N(c1ccc(-c2coc3cc(O)ccc3c2=O)cc1)C(C)C. The predicted octanol–water partition coefficient (Wildman–Crippen LogP) is 4.79. The molecule has 25 heavy (non-hydrogen) atoms. The molecule has 4 heteroatoms. The number of fused-ring (bicyclic) bond motifs is 1. The fourth-order valence-corrected chi connectivity index (χ4v) is 3.32. The Bertz CT molecular complexity index is 932. The number of phenols is 1. The molecule has 0 unspecified atom stereocenters. The van der Waals surface area contributed by atoms with Crippen molar-refractivity contribution >= 4 is 16.7 Å². The summed E-state index contributed by atoms with van der Waals surface area (Å²) >= 11 is 0. The third-order valence-corrected chi connectivity index (χ3v) is 4.35. The minimum Gasteiger partial charge on any atom is -0.508 e. The Labute approximate surface area is 147 Å². The molecule has 0 saturated carbocycles. The second-order valence-corrected chi connectivity index (χ2v) is 6.80. The van der Waals surface area contributed by atoms with E-state index in [4.69, 9.17) is 4.42 Å². The van der Waals surface area contributed by atoms with Gasteiger partial charge in [-0.15, -0.1) is 0 Å². The first-order valence-electron chi connectivity index (χ1n) is 8.52. The van der Waals surface area contributed by atoms with Crippen molar-refractivity contribution in [2.45, 2.75) is 39.8 Å². The number of anilines is 1. The number of rotatable bonds is 4. The van der Waals surface area contributed by atoms with Crippen LogP contribution in [0.15, 0.2) is 57.9 Å².